The molecular weight excluding hydrogens is 194 g/mol. The first-order valence-corrected chi connectivity index (χ1v) is 8.28. The highest BCUT2D eigenvalue weighted by atomic mass is 28.3. The fourth-order valence-corrected chi connectivity index (χ4v) is 1.40. The number of rotatable bonds is 3. The summed E-state index contributed by atoms with van der Waals surface area (Å²) >= 11 is 0. The Morgan fingerprint density at radius 3 is 2.64 bits per heavy atom. The van der Waals surface area contributed by atoms with Crippen molar-refractivity contribution in [3.8, 4) is 0 Å². The van der Waals surface area contributed by atoms with Crippen molar-refractivity contribution in [1.82, 2.24) is 4.98 Å². The summed E-state index contributed by atoms with van der Waals surface area (Å²) in [4.78, 5) is 15.3. The number of pyridine rings is 1. The van der Waals surface area contributed by atoms with Gasteiger partial charge in [0.1, 0.15) is 5.69 Å². The molecule has 0 spiro atoms. The normalized spacial score (nSPS) is 11.1. The van der Waals surface area contributed by atoms with Crippen molar-refractivity contribution < 1.29 is 9.53 Å². The van der Waals surface area contributed by atoms with Gasteiger partial charge < -0.3 is 4.74 Å². The van der Waals surface area contributed by atoms with Gasteiger partial charge in [-0.2, -0.15) is 0 Å². The minimum absolute atomic E-state index is 0.326. The lowest BCUT2D eigenvalue weighted by atomic mass is 10.4. The largest absolute Gasteiger partial charge is 0.465 e. The second-order valence-electron chi connectivity index (χ2n) is 4.35. The number of nitrogens with zero attached hydrogens (tertiary/aromatic N) is 1. The van der Waals surface area contributed by atoms with Gasteiger partial charge in [-0.05, 0) is 12.1 Å². The molecule has 0 saturated heterocycles. The van der Waals surface area contributed by atoms with Gasteiger partial charge in [-0.25, -0.2) is 9.78 Å². The Bertz CT molecular complexity index is 306. The lowest BCUT2D eigenvalue weighted by molar-refractivity contribution is 0.0558. The topological polar surface area (TPSA) is 39.2 Å². The monoisotopic (exact) mass is 209 g/mol. The zero-order valence-electron chi connectivity index (χ0n) is 8.78. The van der Waals surface area contributed by atoms with Gasteiger partial charge in [-0.3, -0.25) is 0 Å². The van der Waals surface area contributed by atoms with Gasteiger partial charge in [0.15, 0.2) is 0 Å². The highest BCUT2D eigenvalue weighted by Crippen LogP contribution is 2.03. The number of hydrogen-bond donors (Lipinski definition) is 0. The van der Waals surface area contributed by atoms with Crippen molar-refractivity contribution >= 4 is 14.0 Å². The third-order valence-electron chi connectivity index (χ3n) is 1.51. The van der Waals surface area contributed by atoms with Gasteiger partial charge in [0.05, 0.1) is 14.3 Å². The molecule has 14 heavy (non-hydrogen) atoms. The van der Waals surface area contributed by atoms with E-state index in [9.17, 15) is 4.79 Å². The van der Waals surface area contributed by atoms with Crippen LogP contribution in [0.5, 0.6) is 0 Å². The Morgan fingerprint density at radius 1 is 1.43 bits per heavy atom. The first-order chi connectivity index (χ1) is 6.49. The number of hydrogen-bond acceptors (Lipinski definition) is 3. The van der Waals surface area contributed by atoms with Crippen molar-refractivity contribution in [3.05, 3.63) is 30.1 Å². The van der Waals surface area contributed by atoms with Crippen LogP contribution in [0.3, 0.4) is 0 Å². The van der Waals surface area contributed by atoms with Crippen LogP contribution in [0.4, 0.5) is 0 Å². The van der Waals surface area contributed by atoms with Crippen LogP contribution in [-0.2, 0) is 4.74 Å². The molecule has 0 N–H and O–H groups in total. The average Bonchev–Trinajstić information content (AvgIpc) is 2.14. The van der Waals surface area contributed by atoms with Crippen molar-refractivity contribution in [1.29, 1.82) is 0 Å². The minimum atomic E-state index is -1.32. The molecule has 1 aromatic rings. The van der Waals surface area contributed by atoms with E-state index in [1.165, 1.54) is 0 Å². The summed E-state index contributed by atoms with van der Waals surface area (Å²) < 4.78 is 5.15. The lowest BCUT2D eigenvalue weighted by Gasteiger charge is -2.15. The van der Waals surface area contributed by atoms with Gasteiger partial charge in [0.25, 0.3) is 0 Å². The third-order valence-corrected chi connectivity index (χ3v) is 2.52. The molecule has 4 heteroatoms. The summed E-state index contributed by atoms with van der Waals surface area (Å²) in [5.41, 5.74) is 0.380. The maximum atomic E-state index is 11.4. The second-order valence-corrected chi connectivity index (χ2v) is 9.76. The summed E-state index contributed by atoms with van der Waals surface area (Å²) in [7, 11) is -1.32. The molecule has 0 saturated carbocycles. The fraction of sp³-hybridized carbons (Fsp3) is 0.400. The molecule has 0 bridgehead atoms. The van der Waals surface area contributed by atoms with Gasteiger partial charge in [0, 0.05) is 6.20 Å². The number of carbonyl (C=O) groups excluding carboxylic acids is 1. The van der Waals surface area contributed by atoms with Crippen molar-refractivity contribution in [2.75, 3.05) is 6.23 Å². The van der Waals surface area contributed by atoms with Gasteiger partial charge >= 0.3 is 5.97 Å². The molecule has 0 radical (unpaired) electrons. The molecule has 0 fully saturated rings. The Morgan fingerprint density at radius 2 is 2.14 bits per heavy atom. The lowest BCUT2D eigenvalue weighted by Crippen LogP contribution is -2.30. The van der Waals surface area contributed by atoms with E-state index in [4.69, 9.17) is 4.74 Å². The first-order valence-electron chi connectivity index (χ1n) is 4.57. The van der Waals surface area contributed by atoms with E-state index >= 15 is 0 Å². The van der Waals surface area contributed by atoms with E-state index in [1.54, 1.807) is 24.4 Å². The van der Waals surface area contributed by atoms with Crippen LogP contribution in [0.1, 0.15) is 10.5 Å². The molecule has 1 heterocycles. The second kappa shape index (κ2) is 4.37. The molecule has 1 rings (SSSR count). The zero-order valence-corrected chi connectivity index (χ0v) is 9.78. The standard InChI is InChI=1S/C10H15NO2Si/c1-14(2,3)8-13-10(12)9-6-4-5-7-11-9/h4-7H,8H2,1-3H3. The first kappa shape index (κ1) is 10.9. The van der Waals surface area contributed by atoms with Gasteiger partial charge in [-0.15, -0.1) is 0 Å². The van der Waals surface area contributed by atoms with Crippen LogP contribution in [0.15, 0.2) is 24.4 Å². The fourth-order valence-electron chi connectivity index (χ4n) is 0.839. The molecule has 0 aromatic carbocycles. The van der Waals surface area contributed by atoms with Crippen molar-refractivity contribution in [3.63, 3.8) is 0 Å². The Labute approximate surface area is 85.1 Å². The molecule has 0 aliphatic heterocycles. The minimum Gasteiger partial charge on any atom is -0.465 e. The molecular formula is C10H15NO2Si. The summed E-state index contributed by atoms with van der Waals surface area (Å²) in [6.45, 7) is 6.45. The van der Waals surface area contributed by atoms with Crippen LogP contribution in [-0.4, -0.2) is 25.3 Å². The molecule has 0 amide bonds. The van der Waals surface area contributed by atoms with E-state index in [2.05, 4.69) is 24.6 Å². The maximum absolute atomic E-state index is 11.4. The Kier molecular flexibility index (Phi) is 3.41. The van der Waals surface area contributed by atoms with Gasteiger partial charge in [-0.1, -0.05) is 25.7 Å². The van der Waals surface area contributed by atoms with Crippen LogP contribution in [0.2, 0.25) is 19.6 Å². The van der Waals surface area contributed by atoms with E-state index < -0.39 is 8.07 Å². The predicted molar refractivity (Wildman–Crippen MR) is 57.9 cm³/mol. The van der Waals surface area contributed by atoms with Crippen LogP contribution in [0, 0.1) is 0 Å². The van der Waals surface area contributed by atoms with E-state index in [-0.39, 0.29) is 5.97 Å². The molecule has 76 valence electrons. The smallest absolute Gasteiger partial charge is 0.356 e. The number of ether oxygens (including phenoxy) is 1. The number of carbonyl (C=O) groups is 1. The quantitative estimate of drug-likeness (QED) is 0.565. The highest BCUT2D eigenvalue weighted by Gasteiger charge is 2.17. The number of esters is 1. The van der Waals surface area contributed by atoms with E-state index in [0.717, 1.165) is 0 Å². The highest BCUT2D eigenvalue weighted by molar-refractivity contribution is 6.76. The molecule has 1 aromatic heterocycles. The average molecular weight is 209 g/mol. The molecule has 0 aliphatic carbocycles. The molecule has 3 nitrogen and oxygen atoms in total. The van der Waals surface area contributed by atoms with Crippen LogP contribution in [0.25, 0.3) is 0 Å². The molecule has 0 aliphatic rings. The van der Waals surface area contributed by atoms with Crippen molar-refractivity contribution in [2.24, 2.45) is 0 Å². The van der Waals surface area contributed by atoms with E-state index in [1.807, 2.05) is 0 Å². The molecule has 0 atom stereocenters. The van der Waals surface area contributed by atoms with Gasteiger partial charge in [0.2, 0.25) is 0 Å². The summed E-state index contributed by atoms with van der Waals surface area (Å²) in [6, 6.07) is 5.21. The molecule has 0 unspecified atom stereocenters. The Hall–Kier alpha value is -1.16. The maximum Gasteiger partial charge on any atom is 0.356 e. The van der Waals surface area contributed by atoms with E-state index in [0.29, 0.717) is 11.9 Å². The SMILES string of the molecule is C[Si](C)(C)COC(=O)c1ccccn1. The Balaban J connectivity index is 2.52. The summed E-state index contributed by atoms with van der Waals surface area (Å²) in [5.74, 6) is -0.326. The third kappa shape index (κ3) is 3.70. The van der Waals surface area contributed by atoms with Crippen molar-refractivity contribution in [2.45, 2.75) is 19.6 Å². The predicted octanol–water partition coefficient (Wildman–Crippen LogP) is 2.12. The number of aromatic nitrogens is 1. The summed E-state index contributed by atoms with van der Waals surface area (Å²) in [5, 5.41) is 0. The summed E-state index contributed by atoms with van der Waals surface area (Å²) in [6.07, 6.45) is 2.13. The van der Waals surface area contributed by atoms with Crippen LogP contribution < -0.4 is 0 Å². The van der Waals surface area contributed by atoms with Crippen LogP contribution >= 0.6 is 0 Å². The zero-order chi connectivity index (χ0) is 10.6.